The molecule has 28 heavy (non-hydrogen) atoms. The molecule has 3 rings (SSSR count). The van der Waals surface area contributed by atoms with Crippen LogP contribution in [0.5, 0.6) is 0 Å². The number of hydrogen-bond donors (Lipinski definition) is 3. The van der Waals surface area contributed by atoms with Gasteiger partial charge in [-0.05, 0) is 31.4 Å². The van der Waals surface area contributed by atoms with E-state index in [0.717, 1.165) is 31.3 Å². The summed E-state index contributed by atoms with van der Waals surface area (Å²) in [5.41, 5.74) is 2.10. The largest absolute Gasteiger partial charge is 0.351 e. The lowest BCUT2D eigenvalue weighted by Gasteiger charge is -2.09. The lowest BCUT2D eigenvalue weighted by Crippen LogP contribution is -2.26. The molecule has 0 atom stereocenters. The number of aromatic nitrogens is 3. The molecular weight excluding hydrogens is 358 g/mol. The highest BCUT2D eigenvalue weighted by molar-refractivity contribution is 6.10. The van der Waals surface area contributed by atoms with Crippen LogP contribution in [0.1, 0.15) is 52.4 Å². The maximum absolute atomic E-state index is 12.7. The molecular formula is C19H23N7O2. The van der Waals surface area contributed by atoms with Crippen LogP contribution in [0, 0.1) is 0 Å². The Balaban J connectivity index is 1.97. The molecule has 0 radical (unpaired) electrons. The lowest BCUT2D eigenvalue weighted by atomic mass is 10.1. The van der Waals surface area contributed by atoms with Gasteiger partial charge >= 0.3 is 0 Å². The molecule has 1 aliphatic rings. The summed E-state index contributed by atoms with van der Waals surface area (Å²) in [6.07, 6.45) is 8.71. The average molecular weight is 381 g/mol. The smallest absolute Gasteiger partial charge is 0.274 e. The number of nitrogens with zero attached hydrogens (tertiary/aromatic N) is 4. The van der Waals surface area contributed by atoms with Crippen LogP contribution >= 0.6 is 0 Å². The standard InChI is InChI=1S/C19H23N7O2/c1-26-12-16-17(25-26)19(28)21-10-5-3-2-4-7-13(11-22-20)14-8-6-9-15(23-14)18(27)24-16/h6-9,11-12H,2-5,10,20H2,1H3,(H,21,28)(H,24,27)/b13-7+,22-11-. The van der Waals surface area contributed by atoms with Gasteiger partial charge in [-0.3, -0.25) is 14.3 Å². The van der Waals surface area contributed by atoms with E-state index >= 15 is 0 Å². The lowest BCUT2D eigenvalue weighted by molar-refractivity contribution is 0.0948. The maximum atomic E-state index is 12.7. The molecule has 1 aliphatic heterocycles. The summed E-state index contributed by atoms with van der Waals surface area (Å²) in [5.74, 6) is 4.59. The summed E-state index contributed by atoms with van der Waals surface area (Å²) in [6, 6.07) is 5.15. The van der Waals surface area contributed by atoms with Crippen molar-refractivity contribution in [3.05, 3.63) is 47.6 Å². The van der Waals surface area contributed by atoms with Crippen molar-refractivity contribution in [1.82, 2.24) is 20.1 Å². The minimum atomic E-state index is -0.431. The third-order valence-electron chi connectivity index (χ3n) is 4.31. The molecule has 9 nitrogen and oxygen atoms in total. The van der Waals surface area contributed by atoms with Crippen LogP contribution in [-0.2, 0) is 7.05 Å². The number of nitrogens with one attached hydrogen (secondary N) is 2. The Morgan fingerprint density at radius 3 is 2.82 bits per heavy atom. The van der Waals surface area contributed by atoms with Crippen molar-refractivity contribution in [2.75, 3.05) is 11.9 Å². The number of carbonyl (C=O) groups excluding carboxylic acids is 2. The van der Waals surface area contributed by atoms with Gasteiger partial charge in [0.2, 0.25) is 0 Å². The monoisotopic (exact) mass is 381 g/mol. The molecule has 9 heteroatoms. The molecule has 2 aromatic heterocycles. The zero-order valence-corrected chi connectivity index (χ0v) is 15.7. The molecule has 2 aromatic rings. The van der Waals surface area contributed by atoms with Gasteiger partial charge in [0.15, 0.2) is 5.69 Å². The molecule has 0 saturated carbocycles. The molecule has 0 spiro atoms. The van der Waals surface area contributed by atoms with E-state index in [1.54, 1.807) is 31.4 Å². The topological polar surface area (TPSA) is 127 Å². The Morgan fingerprint density at radius 1 is 1.18 bits per heavy atom. The summed E-state index contributed by atoms with van der Waals surface area (Å²) >= 11 is 0. The molecule has 146 valence electrons. The van der Waals surface area contributed by atoms with E-state index in [4.69, 9.17) is 5.84 Å². The zero-order chi connectivity index (χ0) is 19.9. The minimum absolute atomic E-state index is 0.176. The minimum Gasteiger partial charge on any atom is -0.351 e. The number of nitrogens with two attached hydrogens (primary N) is 1. The van der Waals surface area contributed by atoms with E-state index in [2.05, 4.69) is 25.8 Å². The molecule has 2 bridgehead atoms. The molecule has 0 saturated heterocycles. The van der Waals surface area contributed by atoms with Crippen LogP contribution in [0.3, 0.4) is 0 Å². The van der Waals surface area contributed by atoms with Crippen LogP contribution in [0.2, 0.25) is 0 Å². The number of aryl methyl sites for hydroxylation is 1. The number of hydrogen-bond acceptors (Lipinski definition) is 6. The van der Waals surface area contributed by atoms with Crippen molar-refractivity contribution in [2.24, 2.45) is 18.0 Å². The van der Waals surface area contributed by atoms with E-state index in [0.29, 0.717) is 17.9 Å². The number of rotatable bonds is 1. The number of allylic oxidation sites excluding steroid dienone is 2. The fourth-order valence-corrected chi connectivity index (χ4v) is 2.95. The normalized spacial score (nSPS) is 18.1. The van der Waals surface area contributed by atoms with E-state index < -0.39 is 5.91 Å². The molecule has 3 heterocycles. The first-order valence-electron chi connectivity index (χ1n) is 9.12. The molecule has 2 amide bonds. The quantitative estimate of drug-likeness (QED) is 0.394. The van der Waals surface area contributed by atoms with Crippen molar-refractivity contribution in [3.63, 3.8) is 0 Å². The van der Waals surface area contributed by atoms with E-state index in [-0.39, 0.29) is 17.3 Å². The highest BCUT2D eigenvalue weighted by atomic mass is 16.2. The van der Waals surface area contributed by atoms with Gasteiger partial charge < -0.3 is 16.5 Å². The molecule has 0 unspecified atom stereocenters. The molecule has 0 aromatic carbocycles. The number of amides is 2. The molecule has 0 fully saturated rings. The van der Waals surface area contributed by atoms with Crippen molar-refractivity contribution in [3.8, 4) is 0 Å². The summed E-state index contributed by atoms with van der Waals surface area (Å²) in [6.45, 7) is 0.546. The van der Waals surface area contributed by atoms with E-state index in [1.807, 2.05) is 6.08 Å². The number of hydrazone groups is 1. The van der Waals surface area contributed by atoms with Gasteiger partial charge in [0.05, 0.1) is 17.6 Å². The van der Waals surface area contributed by atoms with Gasteiger partial charge in [-0.15, -0.1) is 0 Å². The van der Waals surface area contributed by atoms with Crippen LogP contribution < -0.4 is 16.5 Å². The highest BCUT2D eigenvalue weighted by Crippen LogP contribution is 2.17. The third-order valence-corrected chi connectivity index (χ3v) is 4.31. The zero-order valence-electron chi connectivity index (χ0n) is 15.7. The van der Waals surface area contributed by atoms with Crippen molar-refractivity contribution in [1.29, 1.82) is 0 Å². The van der Waals surface area contributed by atoms with Gasteiger partial charge in [-0.1, -0.05) is 18.6 Å². The summed E-state index contributed by atoms with van der Waals surface area (Å²) in [5, 5.41) is 13.4. The SMILES string of the molecule is Cn1cc2c(n1)C(=O)NCCCCC/C=C(\C=N/N)c1cccc(n1)C(=O)N2. The maximum Gasteiger partial charge on any atom is 0.274 e. The predicted octanol–water partition coefficient (Wildman–Crippen LogP) is 1.70. The second-order valence-electron chi connectivity index (χ2n) is 6.47. The second kappa shape index (κ2) is 8.94. The van der Waals surface area contributed by atoms with Crippen molar-refractivity contribution in [2.45, 2.75) is 25.7 Å². The van der Waals surface area contributed by atoms with Crippen LogP contribution in [-0.4, -0.2) is 39.3 Å². The molecule has 0 aliphatic carbocycles. The van der Waals surface area contributed by atoms with Gasteiger partial charge in [0.25, 0.3) is 11.8 Å². The highest BCUT2D eigenvalue weighted by Gasteiger charge is 2.19. The molecule has 4 N–H and O–H groups in total. The van der Waals surface area contributed by atoms with Crippen molar-refractivity contribution < 1.29 is 9.59 Å². The van der Waals surface area contributed by atoms with Crippen LogP contribution in [0.4, 0.5) is 5.69 Å². The predicted molar refractivity (Wildman–Crippen MR) is 107 cm³/mol. The van der Waals surface area contributed by atoms with Crippen molar-refractivity contribution >= 4 is 29.3 Å². The van der Waals surface area contributed by atoms with E-state index in [9.17, 15) is 9.59 Å². The fourth-order valence-electron chi connectivity index (χ4n) is 2.95. The summed E-state index contributed by atoms with van der Waals surface area (Å²) in [7, 11) is 1.69. The Bertz CT molecular complexity index is 930. The average Bonchev–Trinajstić information content (AvgIpc) is 3.05. The first-order chi connectivity index (χ1) is 13.6. The fraction of sp³-hybridized carbons (Fsp3) is 0.316. The Hall–Kier alpha value is -3.49. The van der Waals surface area contributed by atoms with Gasteiger partial charge in [0, 0.05) is 25.4 Å². The number of anilines is 1. The van der Waals surface area contributed by atoms with Gasteiger partial charge in [-0.25, -0.2) is 4.98 Å². The first kappa shape index (κ1) is 19.3. The Labute approximate surface area is 162 Å². The number of fused-ring (bicyclic) bond motifs is 3. The summed E-state index contributed by atoms with van der Waals surface area (Å²) in [4.78, 5) is 29.5. The van der Waals surface area contributed by atoms with Crippen LogP contribution in [0.15, 0.2) is 35.6 Å². The van der Waals surface area contributed by atoms with Gasteiger partial charge in [-0.2, -0.15) is 10.2 Å². The number of carbonyl (C=O) groups is 2. The van der Waals surface area contributed by atoms with Crippen LogP contribution in [0.25, 0.3) is 5.57 Å². The first-order valence-corrected chi connectivity index (χ1v) is 9.12. The Morgan fingerprint density at radius 2 is 2.00 bits per heavy atom. The van der Waals surface area contributed by atoms with Gasteiger partial charge in [0.1, 0.15) is 5.69 Å². The third kappa shape index (κ3) is 4.61. The second-order valence-corrected chi connectivity index (χ2v) is 6.47. The number of pyridine rings is 1. The summed E-state index contributed by atoms with van der Waals surface area (Å²) < 4.78 is 1.49. The van der Waals surface area contributed by atoms with E-state index in [1.165, 1.54) is 10.9 Å². The Kier molecular flexibility index (Phi) is 6.15.